The van der Waals surface area contributed by atoms with Gasteiger partial charge in [0.1, 0.15) is 4.90 Å². The van der Waals surface area contributed by atoms with Gasteiger partial charge in [0.2, 0.25) is 0 Å². The SMILES string of the molecule is CCc1noc2ncc(S(=O)(=O)N3CCc4cnccc43)cc12. The lowest BCUT2D eigenvalue weighted by molar-refractivity contribution is 0.439. The van der Waals surface area contributed by atoms with Crippen molar-refractivity contribution in [2.45, 2.75) is 24.7 Å². The van der Waals surface area contributed by atoms with Gasteiger partial charge in [-0.2, -0.15) is 0 Å². The summed E-state index contributed by atoms with van der Waals surface area (Å²) in [5, 5.41) is 4.56. The Bertz CT molecular complexity index is 997. The molecule has 0 saturated heterocycles. The number of hydrogen-bond acceptors (Lipinski definition) is 6. The highest BCUT2D eigenvalue weighted by Gasteiger charge is 2.31. The van der Waals surface area contributed by atoms with Crippen molar-refractivity contribution in [2.24, 2.45) is 0 Å². The van der Waals surface area contributed by atoms with E-state index in [-0.39, 0.29) is 4.90 Å². The topological polar surface area (TPSA) is 89.2 Å². The molecule has 0 unspecified atom stereocenters. The van der Waals surface area contributed by atoms with Gasteiger partial charge in [-0.05, 0) is 30.5 Å². The zero-order valence-electron chi connectivity index (χ0n) is 12.4. The second kappa shape index (κ2) is 5.02. The summed E-state index contributed by atoms with van der Waals surface area (Å²) in [4.78, 5) is 8.29. The van der Waals surface area contributed by atoms with Crippen LogP contribution in [0.25, 0.3) is 11.1 Å². The van der Waals surface area contributed by atoms with E-state index in [1.165, 1.54) is 10.5 Å². The van der Waals surface area contributed by atoms with Crippen LogP contribution in [0.15, 0.2) is 40.1 Å². The van der Waals surface area contributed by atoms with Crippen molar-refractivity contribution in [3.63, 3.8) is 0 Å². The lowest BCUT2D eigenvalue weighted by atomic mass is 10.2. The molecular formula is C15H14N4O3S. The first-order valence-corrected chi connectivity index (χ1v) is 8.75. The number of hydrogen-bond donors (Lipinski definition) is 0. The molecule has 0 atom stereocenters. The van der Waals surface area contributed by atoms with Gasteiger partial charge >= 0.3 is 0 Å². The van der Waals surface area contributed by atoms with Gasteiger partial charge in [0.25, 0.3) is 15.7 Å². The van der Waals surface area contributed by atoms with Crippen molar-refractivity contribution in [1.29, 1.82) is 0 Å². The molecule has 1 aliphatic rings. The van der Waals surface area contributed by atoms with Crippen LogP contribution in [0.2, 0.25) is 0 Å². The van der Waals surface area contributed by atoms with E-state index in [0.717, 1.165) is 5.56 Å². The highest BCUT2D eigenvalue weighted by atomic mass is 32.2. The molecule has 7 nitrogen and oxygen atoms in total. The van der Waals surface area contributed by atoms with Crippen LogP contribution in [-0.2, 0) is 22.9 Å². The number of rotatable bonds is 3. The number of aromatic nitrogens is 3. The molecule has 8 heteroatoms. The van der Waals surface area contributed by atoms with Crippen molar-refractivity contribution in [3.05, 3.63) is 42.0 Å². The van der Waals surface area contributed by atoms with Crippen molar-refractivity contribution >= 4 is 26.8 Å². The Morgan fingerprint density at radius 2 is 2.22 bits per heavy atom. The van der Waals surface area contributed by atoms with Crippen LogP contribution < -0.4 is 4.31 Å². The Morgan fingerprint density at radius 1 is 1.35 bits per heavy atom. The summed E-state index contributed by atoms with van der Waals surface area (Å²) >= 11 is 0. The first kappa shape index (κ1) is 14.1. The van der Waals surface area contributed by atoms with E-state index in [1.54, 1.807) is 24.5 Å². The quantitative estimate of drug-likeness (QED) is 0.729. The number of fused-ring (bicyclic) bond motifs is 2. The third kappa shape index (κ3) is 2.09. The molecule has 0 amide bonds. The summed E-state index contributed by atoms with van der Waals surface area (Å²) in [5.41, 5.74) is 2.67. The summed E-state index contributed by atoms with van der Waals surface area (Å²) in [6, 6.07) is 3.31. The zero-order chi connectivity index (χ0) is 16.0. The minimum Gasteiger partial charge on any atom is -0.336 e. The van der Waals surface area contributed by atoms with Gasteiger partial charge in [-0.15, -0.1) is 0 Å². The molecule has 0 N–H and O–H groups in total. The summed E-state index contributed by atoms with van der Waals surface area (Å²) in [6.45, 7) is 2.34. The number of sulfonamides is 1. The molecule has 4 heterocycles. The number of aryl methyl sites for hydroxylation is 1. The van der Waals surface area contributed by atoms with Crippen LogP contribution in [0.5, 0.6) is 0 Å². The fourth-order valence-electron chi connectivity index (χ4n) is 2.83. The molecule has 1 aliphatic heterocycles. The monoisotopic (exact) mass is 330 g/mol. The molecular weight excluding hydrogens is 316 g/mol. The molecule has 4 rings (SSSR count). The first-order valence-electron chi connectivity index (χ1n) is 7.31. The minimum atomic E-state index is -3.67. The highest BCUT2D eigenvalue weighted by Crippen LogP contribution is 2.32. The Labute approximate surface area is 133 Å². The maximum atomic E-state index is 13.0. The van der Waals surface area contributed by atoms with Crippen LogP contribution >= 0.6 is 0 Å². The molecule has 118 valence electrons. The van der Waals surface area contributed by atoms with Gasteiger partial charge in [-0.3, -0.25) is 9.29 Å². The van der Waals surface area contributed by atoms with E-state index in [4.69, 9.17) is 4.52 Å². The summed E-state index contributed by atoms with van der Waals surface area (Å²) in [5.74, 6) is 0. The molecule has 23 heavy (non-hydrogen) atoms. The molecule has 0 fully saturated rings. The lowest BCUT2D eigenvalue weighted by Crippen LogP contribution is -2.29. The van der Waals surface area contributed by atoms with Crippen LogP contribution in [0.3, 0.4) is 0 Å². The van der Waals surface area contributed by atoms with Crippen molar-refractivity contribution in [1.82, 2.24) is 15.1 Å². The normalized spacial score (nSPS) is 14.4. The minimum absolute atomic E-state index is 0.146. The van der Waals surface area contributed by atoms with Crippen LogP contribution in [0.4, 0.5) is 5.69 Å². The van der Waals surface area contributed by atoms with E-state index in [2.05, 4.69) is 15.1 Å². The molecule has 0 aliphatic carbocycles. The van der Waals surface area contributed by atoms with Gasteiger partial charge in [0.05, 0.1) is 23.0 Å². The molecule has 0 radical (unpaired) electrons. The fourth-order valence-corrected chi connectivity index (χ4v) is 4.31. The van der Waals surface area contributed by atoms with Gasteiger partial charge in [0.15, 0.2) is 0 Å². The third-order valence-electron chi connectivity index (χ3n) is 4.03. The molecule has 3 aromatic heterocycles. The van der Waals surface area contributed by atoms with Crippen molar-refractivity contribution in [2.75, 3.05) is 10.8 Å². The molecule has 0 saturated carbocycles. The Balaban J connectivity index is 1.83. The fraction of sp³-hybridized carbons (Fsp3) is 0.267. The zero-order valence-corrected chi connectivity index (χ0v) is 13.2. The standard InChI is InChI=1S/C15H14N4O3S/c1-2-13-12-7-11(9-17-15(12)22-18-13)23(20,21)19-6-4-10-8-16-5-3-14(10)19/h3,5,7-9H,2,4,6H2,1H3. The highest BCUT2D eigenvalue weighted by molar-refractivity contribution is 7.92. The third-order valence-corrected chi connectivity index (χ3v) is 5.81. The Hall–Kier alpha value is -2.48. The van der Waals surface area contributed by atoms with Crippen LogP contribution in [-0.4, -0.2) is 30.1 Å². The Kier molecular flexibility index (Phi) is 3.08. The molecule has 0 aromatic carbocycles. The predicted octanol–water partition coefficient (Wildman–Crippen LogP) is 1.93. The van der Waals surface area contributed by atoms with Crippen LogP contribution in [0, 0.1) is 0 Å². The molecule has 0 spiro atoms. The number of nitrogens with zero attached hydrogens (tertiary/aromatic N) is 4. The van der Waals surface area contributed by atoms with E-state index < -0.39 is 10.0 Å². The summed E-state index contributed by atoms with van der Waals surface area (Å²) in [7, 11) is -3.67. The van der Waals surface area contributed by atoms with Gasteiger partial charge in [-0.25, -0.2) is 13.4 Å². The summed E-state index contributed by atoms with van der Waals surface area (Å²) < 4.78 is 32.5. The van der Waals surface area contributed by atoms with Crippen molar-refractivity contribution in [3.8, 4) is 0 Å². The second-order valence-electron chi connectivity index (χ2n) is 5.34. The van der Waals surface area contributed by atoms with E-state index in [0.29, 0.717) is 41.9 Å². The first-order chi connectivity index (χ1) is 11.1. The second-order valence-corrected chi connectivity index (χ2v) is 7.20. The molecule has 0 bridgehead atoms. The maximum Gasteiger partial charge on any atom is 0.265 e. The van der Waals surface area contributed by atoms with E-state index >= 15 is 0 Å². The number of pyridine rings is 2. The van der Waals surface area contributed by atoms with Crippen molar-refractivity contribution < 1.29 is 12.9 Å². The maximum absolute atomic E-state index is 13.0. The smallest absolute Gasteiger partial charge is 0.265 e. The number of anilines is 1. The lowest BCUT2D eigenvalue weighted by Gasteiger charge is -2.19. The predicted molar refractivity (Wildman–Crippen MR) is 83.7 cm³/mol. The van der Waals surface area contributed by atoms with E-state index in [9.17, 15) is 8.42 Å². The summed E-state index contributed by atoms with van der Waals surface area (Å²) in [6.07, 6.45) is 5.94. The van der Waals surface area contributed by atoms with E-state index in [1.807, 2.05) is 6.92 Å². The van der Waals surface area contributed by atoms with Gasteiger partial charge in [-0.1, -0.05) is 12.1 Å². The largest absolute Gasteiger partial charge is 0.336 e. The van der Waals surface area contributed by atoms with Gasteiger partial charge in [0, 0.05) is 18.9 Å². The Morgan fingerprint density at radius 3 is 3.04 bits per heavy atom. The average molecular weight is 330 g/mol. The van der Waals surface area contributed by atoms with Gasteiger partial charge < -0.3 is 4.52 Å². The van der Waals surface area contributed by atoms with Crippen LogP contribution in [0.1, 0.15) is 18.2 Å². The average Bonchev–Trinajstić information content (AvgIpc) is 3.18. The molecule has 3 aromatic rings.